The molecule has 4 nitrogen and oxygen atoms in total. The summed E-state index contributed by atoms with van der Waals surface area (Å²) < 4.78 is 0. The van der Waals surface area contributed by atoms with Gasteiger partial charge in [0.05, 0.1) is 5.69 Å². The van der Waals surface area contributed by atoms with Crippen LogP contribution in [0.15, 0.2) is 6.07 Å². The van der Waals surface area contributed by atoms with Crippen LogP contribution in [0, 0.1) is 0 Å². The van der Waals surface area contributed by atoms with Crippen LogP contribution in [0.1, 0.15) is 44.7 Å². The van der Waals surface area contributed by atoms with Gasteiger partial charge in [0.1, 0.15) is 5.82 Å². The minimum Gasteiger partial charge on any atom is -0.373 e. The fourth-order valence-corrected chi connectivity index (χ4v) is 1.57. The van der Waals surface area contributed by atoms with Crippen molar-refractivity contribution in [3.05, 3.63) is 11.8 Å². The van der Waals surface area contributed by atoms with E-state index in [1.807, 2.05) is 7.05 Å². The van der Waals surface area contributed by atoms with Gasteiger partial charge in [0.25, 0.3) is 0 Å². The first kappa shape index (κ1) is 11.2. The maximum absolute atomic E-state index is 4.57. The van der Waals surface area contributed by atoms with Crippen LogP contribution in [-0.4, -0.2) is 23.1 Å². The first-order valence-corrected chi connectivity index (χ1v) is 6.06. The van der Waals surface area contributed by atoms with Gasteiger partial charge in [-0.1, -0.05) is 6.92 Å². The highest BCUT2D eigenvalue weighted by atomic mass is 15.1. The summed E-state index contributed by atoms with van der Waals surface area (Å²) in [5.41, 5.74) is 1.17. The Hall–Kier alpha value is -1.32. The third-order valence-electron chi connectivity index (χ3n) is 2.99. The number of nitrogens with one attached hydrogen (secondary N) is 2. The summed E-state index contributed by atoms with van der Waals surface area (Å²) in [5.74, 6) is 2.32. The molecule has 0 spiro atoms. The van der Waals surface area contributed by atoms with Crippen molar-refractivity contribution in [1.82, 2.24) is 9.97 Å². The SMILES string of the molecule is CC[C@H](C)Nc1nc(NC)cc(C2CC2)n1. The first-order valence-electron chi connectivity index (χ1n) is 6.06. The van der Waals surface area contributed by atoms with Crippen LogP contribution in [0.2, 0.25) is 0 Å². The van der Waals surface area contributed by atoms with Gasteiger partial charge in [-0.2, -0.15) is 4.98 Å². The third kappa shape index (κ3) is 2.62. The van der Waals surface area contributed by atoms with Crippen molar-refractivity contribution >= 4 is 11.8 Å². The number of anilines is 2. The van der Waals surface area contributed by atoms with Crippen LogP contribution >= 0.6 is 0 Å². The fourth-order valence-electron chi connectivity index (χ4n) is 1.57. The Labute approximate surface area is 96.9 Å². The molecule has 1 aromatic rings. The van der Waals surface area contributed by atoms with Crippen LogP contribution in [0.25, 0.3) is 0 Å². The van der Waals surface area contributed by atoms with Gasteiger partial charge in [0.15, 0.2) is 0 Å². The zero-order valence-corrected chi connectivity index (χ0v) is 10.2. The van der Waals surface area contributed by atoms with E-state index in [1.54, 1.807) is 0 Å². The van der Waals surface area contributed by atoms with Crippen LogP contribution in [-0.2, 0) is 0 Å². The highest BCUT2D eigenvalue weighted by Gasteiger charge is 2.26. The van der Waals surface area contributed by atoms with Crippen molar-refractivity contribution in [2.45, 2.75) is 45.1 Å². The lowest BCUT2D eigenvalue weighted by molar-refractivity contribution is 0.750. The average molecular weight is 220 g/mol. The summed E-state index contributed by atoms with van der Waals surface area (Å²) in [7, 11) is 1.89. The van der Waals surface area contributed by atoms with Crippen LogP contribution in [0.3, 0.4) is 0 Å². The lowest BCUT2D eigenvalue weighted by Crippen LogP contribution is -2.16. The second-order valence-corrected chi connectivity index (χ2v) is 4.48. The molecule has 0 aromatic carbocycles. The zero-order chi connectivity index (χ0) is 11.5. The summed E-state index contributed by atoms with van der Waals surface area (Å²) in [6.45, 7) is 4.30. The summed E-state index contributed by atoms with van der Waals surface area (Å²) >= 11 is 0. The second kappa shape index (κ2) is 4.68. The Morgan fingerprint density at radius 1 is 1.44 bits per heavy atom. The van der Waals surface area contributed by atoms with Crippen molar-refractivity contribution < 1.29 is 0 Å². The quantitative estimate of drug-likeness (QED) is 0.801. The summed E-state index contributed by atoms with van der Waals surface area (Å²) in [5, 5.41) is 6.42. The van der Waals surface area contributed by atoms with Gasteiger partial charge in [-0.05, 0) is 26.2 Å². The van der Waals surface area contributed by atoms with E-state index >= 15 is 0 Å². The predicted octanol–water partition coefficient (Wildman–Crippen LogP) is 2.61. The average Bonchev–Trinajstić information content (AvgIpc) is 3.12. The van der Waals surface area contributed by atoms with Gasteiger partial charge in [0, 0.05) is 25.1 Å². The van der Waals surface area contributed by atoms with E-state index < -0.39 is 0 Å². The number of nitrogens with zero attached hydrogens (tertiary/aromatic N) is 2. The molecular weight excluding hydrogens is 200 g/mol. The van der Waals surface area contributed by atoms with Crippen molar-refractivity contribution in [1.29, 1.82) is 0 Å². The molecule has 0 amide bonds. The molecular formula is C12H20N4. The first-order chi connectivity index (χ1) is 7.72. The van der Waals surface area contributed by atoms with Crippen molar-refractivity contribution in [2.24, 2.45) is 0 Å². The van der Waals surface area contributed by atoms with E-state index in [1.165, 1.54) is 18.5 Å². The van der Waals surface area contributed by atoms with Gasteiger partial charge in [0.2, 0.25) is 5.95 Å². The van der Waals surface area contributed by atoms with Crippen molar-refractivity contribution in [3.63, 3.8) is 0 Å². The van der Waals surface area contributed by atoms with Gasteiger partial charge in [-0.15, -0.1) is 0 Å². The Bertz CT molecular complexity index is 360. The number of hydrogen-bond donors (Lipinski definition) is 2. The predicted molar refractivity (Wildman–Crippen MR) is 66.9 cm³/mol. The molecule has 88 valence electrons. The van der Waals surface area contributed by atoms with E-state index in [9.17, 15) is 0 Å². The molecule has 1 aromatic heterocycles. The van der Waals surface area contributed by atoms with Gasteiger partial charge >= 0.3 is 0 Å². The van der Waals surface area contributed by atoms with E-state index in [-0.39, 0.29) is 0 Å². The third-order valence-corrected chi connectivity index (χ3v) is 2.99. The zero-order valence-electron chi connectivity index (χ0n) is 10.2. The molecule has 0 saturated heterocycles. The molecule has 0 bridgehead atoms. The Morgan fingerprint density at radius 3 is 2.75 bits per heavy atom. The smallest absolute Gasteiger partial charge is 0.225 e. The lowest BCUT2D eigenvalue weighted by atomic mass is 10.2. The second-order valence-electron chi connectivity index (χ2n) is 4.48. The van der Waals surface area contributed by atoms with Gasteiger partial charge in [-0.25, -0.2) is 4.98 Å². The number of rotatable bonds is 5. The monoisotopic (exact) mass is 220 g/mol. The van der Waals surface area contributed by atoms with Crippen molar-refractivity contribution in [3.8, 4) is 0 Å². The van der Waals surface area contributed by atoms with Gasteiger partial charge in [-0.3, -0.25) is 0 Å². The maximum atomic E-state index is 4.57. The summed E-state index contributed by atoms with van der Waals surface area (Å²) in [6, 6.07) is 2.47. The van der Waals surface area contributed by atoms with E-state index in [2.05, 4.69) is 40.5 Å². The van der Waals surface area contributed by atoms with E-state index in [0.29, 0.717) is 12.0 Å². The topological polar surface area (TPSA) is 49.8 Å². The van der Waals surface area contributed by atoms with Crippen molar-refractivity contribution in [2.75, 3.05) is 17.7 Å². The largest absolute Gasteiger partial charge is 0.373 e. The highest BCUT2D eigenvalue weighted by molar-refractivity contribution is 5.43. The van der Waals surface area contributed by atoms with Crippen LogP contribution in [0.4, 0.5) is 11.8 Å². The normalized spacial score (nSPS) is 16.9. The molecule has 1 atom stereocenters. The Kier molecular flexibility index (Phi) is 3.27. The molecule has 1 aliphatic carbocycles. The Balaban J connectivity index is 2.18. The number of aromatic nitrogens is 2. The molecule has 1 aliphatic rings. The number of hydrogen-bond acceptors (Lipinski definition) is 4. The van der Waals surface area contributed by atoms with E-state index in [4.69, 9.17) is 0 Å². The molecule has 0 radical (unpaired) electrons. The minimum absolute atomic E-state index is 0.416. The summed E-state index contributed by atoms with van der Waals surface area (Å²) in [4.78, 5) is 8.99. The molecule has 1 heterocycles. The van der Waals surface area contributed by atoms with Gasteiger partial charge < -0.3 is 10.6 Å². The van der Waals surface area contributed by atoms with Crippen LogP contribution in [0.5, 0.6) is 0 Å². The molecule has 4 heteroatoms. The molecule has 2 rings (SSSR count). The lowest BCUT2D eigenvalue weighted by Gasteiger charge is -2.13. The molecule has 2 N–H and O–H groups in total. The molecule has 0 aliphatic heterocycles. The Morgan fingerprint density at radius 2 is 2.19 bits per heavy atom. The van der Waals surface area contributed by atoms with E-state index in [0.717, 1.165) is 18.2 Å². The van der Waals surface area contributed by atoms with Crippen LogP contribution < -0.4 is 10.6 Å². The molecule has 1 saturated carbocycles. The molecule has 1 fully saturated rings. The standard InChI is InChI=1S/C12H20N4/c1-4-8(2)14-12-15-10(9-5-6-9)7-11(13-3)16-12/h7-9H,4-6H2,1-3H3,(H2,13,14,15,16)/t8-/m0/s1. The highest BCUT2D eigenvalue weighted by Crippen LogP contribution is 2.39. The fraction of sp³-hybridized carbons (Fsp3) is 0.667. The molecule has 0 unspecified atom stereocenters. The maximum Gasteiger partial charge on any atom is 0.225 e. The minimum atomic E-state index is 0.416. The summed E-state index contributed by atoms with van der Waals surface area (Å²) in [6.07, 6.45) is 3.61. The molecule has 16 heavy (non-hydrogen) atoms.